The van der Waals surface area contributed by atoms with Crippen molar-refractivity contribution in [1.82, 2.24) is 5.32 Å². The normalized spacial score (nSPS) is 23.1. The number of carbonyl (C=O) groups excluding carboxylic acids is 1. The molecule has 10 heteroatoms. The molecule has 0 aromatic rings. The van der Waals surface area contributed by atoms with Crippen LogP contribution in [0.5, 0.6) is 0 Å². The number of amides is 1. The number of hydrogen-bond donors (Lipinski definition) is 7. The van der Waals surface area contributed by atoms with E-state index in [9.17, 15) is 35.4 Å². The Bertz CT molecular complexity index is 898. The first-order valence-electron chi connectivity index (χ1n) is 20.6. The molecule has 1 saturated heterocycles. The summed E-state index contributed by atoms with van der Waals surface area (Å²) in [6, 6.07) is -0.993. The van der Waals surface area contributed by atoms with E-state index in [0.29, 0.717) is 19.3 Å². The quantitative estimate of drug-likeness (QED) is 0.0301. The van der Waals surface area contributed by atoms with E-state index in [1.54, 1.807) is 6.08 Å². The number of ether oxygens (including phenoxy) is 2. The first kappa shape index (κ1) is 47.7. The number of aliphatic hydroxyl groups is 6. The minimum Gasteiger partial charge on any atom is -0.394 e. The standard InChI is InChI=1S/C41H77NO9/c1-4-6-8-10-12-13-14-15-16-18-20-24-29-35(45)40(49)42-33(31-50-41-39(48)38(47)37(46)36(30-43)51-41)34(44)28-25-21-23-27-32(3)26-22-19-17-11-9-7-5-2/h25,27-28,33-39,41,43-48H,4-24,26,29-31H2,1-3H3,(H,42,49)/b28-25+,32-27+/t33-,34-,35-,36+,37+,38-,39+,41+/m0/s1. The van der Waals surface area contributed by atoms with Crippen LogP contribution in [0, 0.1) is 0 Å². The van der Waals surface area contributed by atoms with Gasteiger partial charge in [0.25, 0.3) is 0 Å². The molecule has 0 aliphatic carbocycles. The maximum Gasteiger partial charge on any atom is 0.249 e. The van der Waals surface area contributed by atoms with Crippen LogP contribution in [0.2, 0.25) is 0 Å². The molecule has 300 valence electrons. The van der Waals surface area contributed by atoms with E-state index >= 15 is 0 Å². The third-order valence-electron chi connectivity index (χ3n) is 10.00. The summed E-state index contributed by atoms with van der Waals surface area (Å²) in [7, 11) is 0. The van der Waals surface area contributed by atoms with Crippen LogP contribution in [0.15, 0.2) is 23.8 Å². The fourth-order valence-corrected chi connectivity index (χ4v) is 6.48. The summed E-state index contributed by atoms with van der Waals surface area (Å²) in [5, 5.41) is 64.5. The molecule has 0 aromatic heterocycles. The van der Waals surface area contributed by atoms with Crippen molar-refractivity contribution in [3.63, 3.8) is 0 Å². The van der Waals surface area contributed by atoms with Crippen LogP contribution in [0.3, 0.4) is 0 Å². The summed E-state index contributed by atoms with van der Waals surface area (Å²) in [6.07, 6.45) is 22.0. The topological polar surface area (TPSA) is 169 Å². The second-order valence-corrected chi connectivity index (χ2v) is 14.8. The van der Waals surface area contributed by atoms with Gasteiger partial charge in [-0.15, -0.1) is 0 Å². The first-order valence-corrected chi connectivity index (χ1v) is 20.6. The lowest BCUT2D eigenvalue weighted by molar-refractivity contribution is -0.302. The van der Waals surface area contributed by atoms with Crippen molar-refractivity contribution >= 4 is 5.91 Å². The van der Waals surface area contributed by atoms with Crippen molar-refractivity contribution in [3.05, 3.63) is 23.8 Å². The Hall–Kier alpha value is -1.37. The van der Waals surface area contributed by atoms with Gasteiger partial charge in [0.05, 0.1) is 25.4 Å². The highest BCUT2D eigenvalue weighted by Crippen LogP contribution is 2.22. The average molecular weight is 728 g/mol. The zero-order valence-electron chi connectivity index (χ0n) is 32.4. The van der Waals surface area contributed by atoms with Crippen molar-refractivity contribution < 1.29 is 44.9 Å². The summed E-state index contributed by atoms with van der Waals surface area (Å²) in [6.45, 7) is 5.70. The van der Waals surface area contributed by atoms with E-state index in [4.69, 9.17) is 9.47 Å². The van der Waals surface area contributed by atoms with Crippen molar-refractivity contribution in [2.45, 2.75) is 217 Å². The molecule has 10 nitrogen and oxygen atoms in total. The molecular formula is C41H77NO9. The predicted octanol–water partition coefficient (Wildman–Crippen LogP) is 6.52. The minimum absolute atomic E-state index is 0.306. The molecule has 0 bridgehead atoms. The Morgan fingerprint density at radius 1 is 0.745 bits per heavy atom. The van der Waals surface area contributed by atoms with Crippen molar-refractivity contribution in [1.29, 1.82) is 0 Å². The van der Waals surface area contributed by atoms with Gasteiger partial charge >= 0.3 is 0 Å². The second-order valence-electron chi connectivity index (χ2n) is 14.8. The molecule has 0 aromatic carbocycles. The van der Waals surface area contributed by atoms with Gasteiger partial charge in [0.2, 0.25) is 5.91 Å². The Labute approximate surface area is 310 Å². The molecule has 1 aliphatic heterocycles. The smallest absolute Gasteiger partial charge is 0.249 e. The molecule has 0 radical (unpaired) electrons. The Balaban J connectivity index is 2.59. The summed E-state index contributed by atoms with van der Waals surface area (Å²) < 4.78 is 11.1. The van der Waals surface area contributed by atoms with Gasteiger partial charge < -0.3 is 45.4 Å². The number of carbonyl (C=O) groups is 1. The largest absolute Gasteiger partial charge is 0.394 e. The predicted molar refractivity (Wildman–Crippen MR) is 204 cm³/mol. The molecule has 0 unspecified atom stereocenters. The van der Waals surface area contributed by atoms with Crippen LogP contribution in [0.4, 0.5) is 0 Å². The summed E-state index contributed by atoms with van der Waals surface area (Å²) in [4.78, 5) is 13.0. The van der Waals surface area contributed by atoms with Crippen molar-refractivity contribution in [2.24, 2.45) is 0 Å². The maximum absolute atomic E-state index is 13.0. The number of rotatable bonds is 32. The number of aliphatic hydroxyl groups excluding tert-OH is 6. The van der Waals surface area contributed by atoms with Crippen LogP contribution < -0.4 is 5.32 Å². The Kier molecular flexibility index (Phi) is 29.0. The van der Waals surface area contributed by atoms with Gasteiger partial charge in [0.15, 0.2) is 6.29 Å². The van der Waals surface area contributed by atoms with Crippen LogP contribution in [-0.4, -0.2) is 98.7 Å². The number of nitrogens with one attached hydrogen (secondary N) is 1. The zero-order valence-corrected chi connectivity index (χ0v) is 32.4. The van der Waals surface area contributed by atoms with E-state index in [0.717, 1.165) is 32.1 Å². The lowest BCUT2D eigenvalue weighted by Crippen LogP contribution is -2.60. The molecule has 0 spiro atoms. The third-order valence-corrected chi connectivity index (χ3v) is 10.00. The first-order chi connectivity index (χ1) is 24.7. The van der Waals surface area contributed by atoms with Gasteiger partial charge in [-0.1, -0.05) is 153 Å². The van der Waals surface area contributed by atoms with Crippen LogP contribution >= 0.6 is 0 Å². The molecule has 1 heterocycles. The maximum atomic E-state index is 13.0. The summed E-state index contributed by atoms with van der Waals surface area (Å²) >= 11 is 0. The monoisotopic (exact) mass is 728 g/mol. The average Bonchev–Trinajstić information content (AvgIpc) is 3.12. The van der Waals surface area contributed by atoms with E-state index in [2.05, 4.69) is 32.2 Å². The van der Waals surface area contributed by atoms with Gasteiger partial charge in [-0.05, 0) is 39.0 Å². The van der Waals surface area contributed by atoms with Gasteiger partial charge in [-0.3, -0.25) is 4.79 Å². The highest BCUT2D eigenvalue weighted by molar-refractivity contribution is 5.80. The molecular weight excluding hydrogens is 650 g/mol. The number of unbranched alkanes of at least 4 members (excludes halogenated alkanes) is 18. The highest BCUT2D eigenvalue weighted by Gasteiger charge is 2.44. The molecule has 8 atom stereocenters. The highest BCUT2D eigenvalue weighted by atomic mass is 16.7. The Morgan fingerprint density at radius 3 is 1.82 bits per heavy atom. The van der Waals surface area contributed by atoms with Crippen molar-refractivity contribution in [2.75, 3.05) is 13.2 Å². The molecule has 0 saturated carbocycles. The van der Waals surface area contributed by atoms with E-state index in [-0.39, 0.29) is 6.61 Å². The number of hydrogen-bond acceptors (Lipinski definition) is 9. The van der Waals surface area contributed by atoms with Gasteiger partial charge in [-0.2, -0.15) is 0 Å². The number of allylic oxidation sites excluding steroid dienone is 3. The van der Waals surface area contributed by atoms with E-state index in [1.165, 1.54) is 102 Å². The second kappa shape index (κ2) is 31.0. The lowest BCUT2D eigenvalue weighted by atomic mass is 9.99. The molecule has 1 amide bonds. The fraction of sp³-hybridized carbons (Fsp3) is 0.878. The summed E-state index contributed by atoms with van der Waals surface area (Å²) in [5.74, 6) is -0.628. The van der Waals surface area contributed by atoms with Crippen LogP contribution in [-0.2, 0) is 14.3 Å². The molecule has 51 heavy (non-hydrogen) atoms. The Morgan fingerprint density at radius 2 is 1.27 bits per heavy atom. The van der Waals surface area contributed by atoms with Gasteiger partial charge in [0.1, 0.15) is 30.5 Å². The fourth-order valence-electron chi connectivity index (χ4n) is 6.48. The SMILES string of the molecule is CCCCCCCCCCCCCC[C@H](O)C(=O)N[C@@H](CO[C@@H]1O[C@H](CO)[C@@H](O)[C@H](O)[C@H]1O)[C@@H](O)/C=C/CC/C=C(\C)CCCCCCCCC. The van der Waals surface area contributed by atoms with Crippen LogP contribution in [0.1, 0.15) is 168 Å². The van der Waals surface area contributed by atoms with E-state index in [1.807, 2.05) is 6.08 Å². The van der Waals surface area contributed by atoms with Crippen LogP contribution in [0.25, 0.3) is 0 Å². The van der Waals surface area contributed by atoms with Crippen molar-refractivity contribution in [3.8, 4) is 0 Å². The molecule has 7 N–H and O–H groups in total. The van der Waals surface area contributed by atoms with Gasteiger partial charge in [-0.25, -0.2) is 0 Å². The summed E-state index contributed by atoms with van der Waals surface area (Å²) in [5.41, 5.74) is 1.36. The molecule has 1 rings (SSSR count). The zero-order chi connectivity index (χ0) is 37.7. The third kappa shape index (κ3) is 22.4. The minimum atomic E-state index is -1.61. The van der Waals surface area contributed by atoms with E-state index < -0.39 is 61.5 Å². The molecule has 1 aliphatic rings. The lowest BCUT2D eigenvalue weighted by Gasteiger charge is -2.40. The molecule has 1 fully saturated rings. The van der Waals surface area contributed by atoms with Gasteiger partial charge in [0, 0.05) is 0 Å².